The van der Waals surface area contributed by atoms with Crippen LogP contribution in [0.4, 0.5) is 11.4 Å². The summed E-state index contributed by atoms with van der Waals surface area (Å²) in [4.78, 5) is 26.9. The van der Waals surface area contributed by atoms with Gasteiger partial charge in [0.15, 0.2) is 0 Å². The van der Waals surface area contributed by atoms with Gasteiger partial charge in [-0.3, -0.25) is 9.59 Å². The lowest BCUT2D eigenvalue weighted by Gasteiger charge is -2.21. The van der Waals surface area contributed by atoms with E-state index in [2.05, 4.69) is 31.4 Å². The predicted octanol–water partition coefficient (Wildman–Crippen LogP) is 4.87. The molecule has 0 heterocycles. The lowest BCUT2D eigenvalue weighted by atomic mass is 10.1. The monoisotopic (exact) mass is 395 g/mol. The van der Waals surface area contributed by atoms with Gasteiger partial charge in [0.25, 0.3) is 5.91 Å². The molecule has 0 aliphatic rings. The molecular formula is C24H33N3O2. The smallest absolute Gasteiger partial charge is 0.253 e. The Labute approximate surface area is 174 Å². The molecule has 0 aromatic heterocycles. The number of para-hydroxylation sites is 1. The molecule has 0 radical (unpaired) electrons. The van der Waals surface area contributed by atoms with Crippen LogP contribution in [0.25, 0.3) is 0 Å². The van der Waals surface area contributed by atoms with Crippen LogP contribution in [0.1, 0.15) is 55.1 Å². The second-order valence-electron chi connectivity index (χ2n) is 7.23. The van der Waals surface area contributed by atoms with Crippen LogP contribution in [0.3, 0.4) is 0 Å². The average molecular weight is 396 g/mol. The van der Waals surface area contributed by atoms with Gasteiger partial charge in [0.05, 0.1) is 6.54 Å². The maximum Gasteiger partial charge on any atom is 0.253 e. The van der Waals surface area contributed by atoms with E-state index >= 15 is 0 Å². The maximum absolute atomic E-state index is 12.6. The fourth-order valence-electron chi connectivity index (χ4n) is 3.34. The van der Waals surface area contributed by atoms with E-state index in [-0.39, 0.29) is 18.4 Å². The summed E-state index contributed by atoms with van der Waals surface area (Å²) >= 11 is 0. The van der Waals surface area contributed by atoms with Crippen molar-refractivity contribution in [3.05, 3.63) is 59.2 Å². The van der Waals surface area contributed by atoms with Crippen molar-refractivity contribution in [2.24, 2.45) is 0 Å². The molecule has 2 rings (SSSR count). The predicted molar refractivity (Wildman–Crippen MR) is 121 cm³/mol. The molecule has 0 aliphatic heterocycles. The minimum atomic E-state index is -0.0915. The van der Waals surface area contributed by atoms with Gasteiger partial charge in [-0.15, -0.1) is 0 Å². The van der Waals surface area contributed by atoms with Gasteiger partial charge in [-0.2, -0.15) is 0 Å². The van der Waals surface area contributed by atoms with Crippen molar-refractivity contribution in [2.45, 2.75) is 47.0 Å². The van der Waals surface area contributed by atoms with E-state index in [1.807, 2.05) is 54.3 Å². The van der Waals surface area contributed by atoms with Crippen LogP contribution in [-0.4, -0.2) is 36.3 Å². The molecule has 0 fully saturated rings. The fraction of sp³-hybridized carbons (Fsp3) is 0.417. The minimum Gasteiger partial charge on any atom is -0.376 e. The first-order valence-corrected chi connectivity index (χ1v) is 10.5. The number of anilines is 2. The summed E-state index contributed by atoms with van der Waals surface area (Å²) in [7, 11) is 0. The Balaban J connectivity index is 1.95. The molecular weight excluding hydrogens is 362 g/mol. The van der Waals surface area contributed by atoms with Gasteiger partial charge in [0.1, 0.15) is 0 Å². The number of nitrogens with one attached hydrogen (secondary N) is 2. The van der Waals surface area contributed by atoms with Crippen LogP contribution in [0.5, 0.6) is 0 Å². The molecule has 5 nitrogen and oxygen atoms in total. The van der Waals surface area contributed by atoms with E-state index in [9.17, 15) is 9.59 Å². The summed E-state index contributed by atoms with van der Waals surface area (Å²) in [6.45, 7) is 9.94. The number of rotatable bonds is 10. The Morgan fingerprint density at radius 3 is 2.17 bits per heavy atom. The van der Waals surface area contributed by atoms with E-state index in [0.717, 1.165) is 54.9 Å². The zero-order valence-corrected chi connectivity index (χ0v) is 18.0. The van der Waals surface area contributed by atoms with Crippen LogP contribution < -0.4 is 10.6 Å². The number of nitrogens with zero attached hydrogens (tertiary/aromatic N) is 1. The van der Waals surface area contributed by atoms with E-state index in [0.29, 0.717) is 5.56 Å². The fourth-order valence-corrected chi connectivity index (χ4v) is 3.34. The summed E-state index contributed by atoms with van der Waals surface area (Å²) < 4.78 is 0. The molecule has 0 saturated heterocycles. The van der Waals surface area contributed by atoms with E-state index in [4.69, 9.17) is 0 Å². The SMILES string of the molecule is CCCN(CCC)C(=O)c1ccc(NCC(=O)Nc2c(C)cccc2CC)cc1. The Morgan fingerprint density at radius 2 is 1.59 bits per heavy atom. The highest BCUT2D eigenvalue weighted by Gasteiger charge is 2.14. The van der Waals surface area contributed by atoms with E-state index in [1.165, 1.54) is 0 Å². The molecule has 2 amide bonds. The molecule has 5 heteroatoms. The Bertz CT molecular complexity index is 809. The van der Waals surface area contributed by atoms with Gasteiger partial charge in [0, 0.05) is 30.0 Å². The van der Waals surface area contributed by atoms with Crippen molar-refractivity contribution in [3.63, 3.8) is 0 Å². The number of amides is 2. The first kappa shape index (κ1) is 22.5. The third kappa shape index (κ3) is 6.34. The first-order chi connectivity index (χ1) is 14.0. The largest absolute Gasteiger partial charge is 0.376 e. The van der Waals surface area contributed by atoms with Crippen molar-refractivity contribution in [3.8, 4) is 0 Å². The summed E-state index contributed by atoms with van der Waals surface area (Å²) in [5.74, 6) is -0.0316. The zero-order chi connectivity index (χ0) is 21.2. The molecule has 156 valence electrons. The highest BCUT2D eigenvalue weighted by Crippen LogP contribution is 2.21. The molecule has 29 heavy (non-hydrogen) atoms. The molecule has 0 spiro atoms. The standard InChI is InChI=1S/C24H33N3O2/c1-5-15-27(16-6-2)24(29)20-11-13-21(14-12-20)25-17-22(28)26-23-18(4)9-8-10-19(23)7-3/h8-14,25H,5-7,15-17H2,1-4H3,(H,26,28). The average Bonchev–Trinajstić information content (AvgIpc) is 2.73. The zero-order valence-electron chi connectivity index (χ0n) is 18.0. The van der Waals surface area contributed by atoms with Crippen LogP contribution >= 0.6 is 0 Å². The number of hydrogen-bond donors (Lipinski definition) is 2. The molecule has 0 bridgehead atoms. The summed E-state index contributed by atoms with van der Waals surface area (Å²) in [5, 5.41) is 6.14. The molecule has 0 atom stereocenters. The first-order valence-electron chi connectivity index (χ1n) is 10.5. The molecule has 0 aliphatic carbocycles. The maximum atomic E-state index is 12.6. The number of benzene rings is 2. The number of carbonyl (C=O) groups excluding carboxylic acids is 2. The molecule has 2 aromatic rings. The highest BCUT2D eigenvalue weighted by molar-refractivity contribution is 5.96. The normalized spacial score (nSPS) is 10.5. The molecule has 2 N–H and O–H groups in total. The lowest BCUT2D eigenvalue weighted by Crippen LogP contribution is -2.32. The highest BCUT2D eigenvalue weighted by atomic mass is 16.2. The molecule has 0 saturated carbocycles. The van der Waals surface area contributed by atoms with Crippen LogP contribution in [0, 0.1) is 6.92 Å². The van der Waals surface area contributed by atoms with Crippen LogP contribution in [0.2, 0.25) is 0 Å². The molecule has 0 unspecified atom stereocenters. The number of aryl methyl sites for hydroxylation is 2. The van der Waals surface area contributed by atoms with Crippen molar-refractivity contribution >= 4 is 23.2 Å². The van der Waals surface area contributed by atoms with Crippen LogP contribution in [-0.2, 0) is 11.2 Å². The summed E-state index contributed by atoms with van der Waals surface area (Å²) in [5.41, 5.74) is 4.58. The lowest BCUT2D eigenvalue weighted by molar-refractivity contribution is -0.114. The third-order valence-corrected chi connectivity index (χ3v) is 4.86. The van der Waals surface area contributed by atoms with Gasteiger partial charge in [-0.05, 0) is 61.6 Å². The van der Waals surface area contributed by atoms with Gasteiger partial charge in [-0.1, -0.05) is 39.0 Å². The van der Waals surface area contributed by atoms with Crippen LogP contribution in [0.15, 0.2) is 42.5 Å². The summed E-state index contributed by atoms with van der Waals surface area (Å²) in [6, 6.07) is 13.4. The molecule has 2 aromatic carbocycles. The second-order valence-corrected chi connectivity index (χ2v) is 7.23. The van der Waals surface area contributed by atoms with E-state index in [1.54, 1.807) is 0 Å². The van der Waals surface area contributed by atoms with Gasteiger partial charge in [-0.25, -0.2) is 0 Å². The van der Waals surface area contributed by atoms with E-state index < -0.39 is 0 Å². The van der Waals surface area contributed by atoms with Crippen molar-refractivity contribution in [1.82, 2.24) is 4.90 Å². The van der Waals surface area contributed by atoms with Gasteiger partial charge in [0.2, 0.25) is 5.91 Å². The van der Waals surface area contributed by atoms with Crippen molar-refractivity contribution in [2.75, 3.05) is 30.3 Å². The minimum absolute atomic E-state index is 0.0599. The number of carbonyl (C=O) groups is 2. The Kier molecular flexibility index (Phi) is 8.71. The van der Waals surface area contributed by atoms with Crippen molar-refractivity contribution in [1.29, 1.82) is 0 Å². The topological polar surface area (TPSA) is 61.4 Å². The quantitative estimate of drug-likeness (QED) is 0.603. The summed E-state index contributed by atoms with van der Waals surface area (Å²) in [6.07, 6.45) is 2.76. The second kappa shape index (κ2) is 11.2. The Hall–Kier alpha value is -2.82. The van der Waals surface area contributed by atoms with Crippen molar-refractivity contribution < 1.29 is 9.59 Å². The number of hydrogen-bond acceptors (Lipinski definition) is 3. The third-order valence-electron chi connectivity index (χ3n) is 4.86. The van der Waals surface area contributed by atoms with Gasteiger partial charge < -0.3 is 15.5 Å². The Morgan fingerprint density at radius 1 is 0.931 bits per heavy atom. The van der Waals surface area contributed by atoms with Gasteiger partial charge >= 0.3 is 0 Å².